The highest BCUT2D eigenvalue weighted by Gasteiger charge is 2.30. The number of aromatic nitrogens is 1. The first-order valence-electron chi connectivity index (χ1n) is 18.0. The van der Waals surface area contributed by atoms with E-state index in [9.17, 15) is 0 Å². The monoisotopic (exact) mass is 643 g/mol. The van der Waals surface area contributed by atoms with Crippen molar-refractivity contribution < 1.29 is 0 Å². The van der Waals surface area contributed by atoms with Crippen LogP contribution in [0.3, 0.4) is 0 Å². The summed E-state index contributed by atoms with van der Waals surface area (Å²) in [7, 11) is 0. The van der Waals surface area contributed by atoms with Gasteiger partial charge in [-0.2, -0.15) is 0 Å². The molecule has 1 unspecified atom stereocenters. The fraction of sp³-hybridized carbons (Fsp3) is 0.143. The van der Waals surface area contributed by atoms with Gasteiger partial charge in [0.2, 0.25) is 0 Å². The van der Waals surface area contributed by atoms with Crippen LogP contribution in [0.15, 0.2) is 158 Å². The largest absolute Gasteiger partial charge is 0.309 e. The second-order valence-corrected chi connectivity index (χ2v) is 14.5. The highest BCUT2D eigenvalue weighted by Crippen LogP contribution is 2.50. The van der Waals surface area contributed by atoms with Crippen molar-refractivity contribution in [2.45, 2.75) is 45.4 Å². The molecular formula is C49H41N. The van der Waals surface area contributed by atoms with Crippen molar-refractivity contribution >= 4 is 21.8 Å². The summed E-state index contributed by atoms with van der Waals surface area (Å²) in [6.07, 6.45) is 0. The van der Waals surface area contributed by atoms with Crippen LogP contribution < -0.4 is 0 Å². The Morgan fingerprint density at radius 1 is 0.420 bits per heavy atom. The maximum Gasteiger partial charge on any atom is 0.0541 e. The minimum atomic E-state index is 0.246. The van der Waals surface area contributed by atoms with E-state index < -0.39 is 0 Å². The third kappa shape index (κ3) is 4.83. The second kappa shape index (κ2) is 12.0. The van der Waals surface area contributed by atoms with Crippen LogP contribution >= 0.6 is 0 Å². The highest BCUT2D eigenvalue weighted by atomic mass is 15.0. The van der Waals surface area contributed by atoms with Gasteiger partial charge in [0.25, 0.3) is 0 Å². The molecule has 0 amide bonds. The van der Waals surface area contributed by atoms with E-state index >= 15 is 0 Å². The molecule has 1 heterocycles. The third-order valence-corrected chi connectivity index (χ3v) is 10.9. The molecule has 0 aliphatic heterocycles. The molecule has 0 bridgehead atoms. The summed E-state index contributed by atoms with van der Waals surface area (Å²) in [5.74, 6) is 1.18. The van der Waals surface area contributed by atoms with Gasteiger partial charge < -0.3 is 4.57 Å². The summed E-state index contributed by atoms with van der Waals surface area (Å²) in [5, 5.41) is 2.64. The fourth-order valence-corrected chi connectivity index (χ4v) is 8.28. The van der Waals surface area contributed by atoms with Gasteiger partial charge in [0.1, 0.15) is 0 Å². The molecule has 1 aliphatic carbocycles. The topological polar surface area (TPSA) is 4.93 Å². The quantitative estimate of drug-likeness (QED) is 0.170. The molecule has 242 valence electrons. The molecule has 1 heteroatoms. The Kier molecular flexibility index (Phi) is 7.32. The molecule has 7 aromatic carbocycles. The minimum Gasteiger partial charge on any atom is -0.309 e. The first-order valence-corrected chi connectivity index (χ1v) is 18.0. The lowest BCUT2D eigenvalue weighted by Gasteiger charge is -2.18. The number of fused-ring (bicyclic) bond motifs is 6. The van der Waals surface area contributed by atoms with Crippen LogP contribution in [-0.4, -0.2) is 4.57 Å². The number of hydrogen-bond acceptors (Lipinski definition) is 0. The number of rotatable bonds is 6. The van der Waals surface area contributed by atoms with Gasteiger partial charge in [-0.25, -0.2) is 0 Å². The molecule has 0 radical (unpaired) electrons. The molecule has 1 nitrogen and oxygen atoms in total. The van der Waals surface area contributed by atoms with Gasteiger partial charge in [-0.15, -0.1) is 0 Å². The Morgan fingerprint density at radius 3 is 1.62 bits per heavy atom. The van der Waals surface area contributed by atoms with E-state index in [4.69, 9.17) is 0 Å². The number of para-hydroxylation sites is 1. The SMILES string of the molecule is CC(C)c1ccc2c(c1)c1cc(C(C)C)ccc1n2-c1ccccc1-c1ccccc1-c1ccc2c(c1)-c1ccccc1C2c1ccccc1. The van der Waals surface area contributed by atoms with E-state index in [1.54, 1.807) is 0 Å². The van der Waals surface area contributed by atoms with Crippen LogP contribution in [0, 0.1) is 0 Å². The standard InChI is InChI=1S/C49H41N/c1-31(2)34-23-26-47-44(28-34)45-29-35(32(3)4)24-27-48(45)50(47)46-21-13-12-19-40(46)38-17-9-8-16-37(38)36-22-25-42-43(30-36)39-18-10-11-20-41(39)49(42)33-14-6-5-7-15-33/h5-32,49H,1-4H3. The van der Waals surface area contributed by atoms with Crippen LogP contribution in [0.5, 0.6) is 0 Å². The van der Waals surface area contributed by atoms with E-state index in [-0.39, 0.29) is 5.92 Å². The summed E-state index contributed by atoms with van der Waals surface area (Å²) in [6, 6.07) is 59.1. The molecule has 8 aromatic rings. The molecule has 0 fully saturated rings. The highest BCUT2D eigenvalue weighted by molar-refractivity contribution is 6.10. The summed E-state index contributed by atoms with van der Waals surface area (Å²) < 4.78 is 2.49. The second-order valence-electron chi connectivity index (χ2n) is 14.5. The number of hydrogen-bond donors (Lipinski definition) is 0. The van der Waals surface area contributed by atoms with E-state index in [2.05, 4.69) is 190 Å². The first-order chi connectivity index (χ1) is 24.5. The zero-order valence-corrected chi connectivity index (χ0v) is 29.2. The van der Waals surface area contributed by atoms with Crippen LogP contribution in [-0.2, 0) is 0 Å². The van der Waals surface area contributed by atoms with Crippen molar-refractivity contribution in [3.63, 3.8) is 0 Å². The van der Waals surface area contributed by atoms with Gasteiger partial charge >= 0.3 is 0 Å². The minimum absolute atomic E-state index is 0.246. The molecule has 1 atom stereocenters. The van der Waals surface area contributed by atoms with Crippen LogP contribution in [0.4, 0.5) is 0 Å². The summed E-state index contributed by atoms with van der Waals surface area (Å²) in [4.78, 5) is 0. The van der Waals surface area contributed by atoms with E-state index in [1.807, 2.05) is 0 Å². The molecule has 9 rings (SSSR count). The summed E-state index contributed by atoms with van der Waals surface area (Å²) in [5.41, 5.74) is 18.2. The Labute approximate surface area is 295 Å². The summed E-state index contributed by atoms with van der Waals surface area (Å²) >= 11 is 0. The average molecular weight is 644 g/mol. The Balaban J connectivity index is 1.24. The number of nitrogens with zero attached hydrogens (tertiary/aromatic N) is 1. The Bertz CT molecular complexity index is 2480. The lowest BCUT2D eigenvalue weighted by Crippen LogP contribution is -1.99. The smallest absolute Gasteiger partial charge is 0.0541 e. The molecule has 0 saturated heterocycles. The lowest BCUT2D eigenvalue weighted by molar-refractivity contribution is 0.868. The van der Waals surface area contributed by atoms with Gasteiger partial charge in [-0.1, -0.05) is 149 Å². The molecule has 50 heavy (non-hydrogen) atoms. The van der Waals surface area contributed by atoms with Gasteiger partial charge in [-0.05, 0) is 104 Å². The summed E-state index contributed by atoms with van der Waals surface area (Å²) in [6.45, 7) is 9.13. The molecule has 1 aliphatic rings. The van der Waals surface area contributed by atoms with Crippen molar-refractivity contribution in [2.24, 2.45) is 0 Å². The maximum absolute atomic E-state index is 2.49. The molecule has 0 spiro atoms. The first kappa shape index (κ1) is 30.4. The van der Waals surface area contributed by atoms with Crippen LogP contribution in [0.2, 0.25) is 0 Å². The van der Waals surface area contributed by atoms with Crippen LogP contribution in [0.1, 0.15) is 73.3 Å². The van der Waals surface area contributed by atoms with Crippen LogP contribution in [0.25, 0.3) is 60.9 Å². The van der Waals surface area contributed by atoms with Crippen molar-refractivity contribution in [3.8, 4) is 39.1 Å². The molecular weight excluding hydrogens is 603 g/mol. The normalized spacial score (nSPS) is 13.8. The van der Waals surface area contributed by atoms with Crippen molar-refractivity contribution in [2.75, 3.05) is 0 Å². The van der Waals surface area contributed by atoms with Gasteiger partial charge in [0, 0.05) is 22.3 Å². The molecule has 0 N–H and O–H groups in total. The van der Waals surface area contributed by atoms with Crippen molar-refractivity contribution in [3.05, 3.63) is 186 Å². The van der Waals surface area contributed by atoms with E-state index in [0.717, 1.165) is 0 Å². The van der Waals surface area contributed by atoms with Gasteiger partial charge in [0.05, 0.1) is 16.7 Å². The van der Waals surface area contributed by atoms with E-state index in [1.165, 1.54) is 88.7 Å². The fourth-order valence-electron chi connectivity index (χ4n) is 8.28. The van der Waals surface area contributed by atoms with Gasteiger partial charge in [0.15, 0.2) is 0 Å². The number of benzene rings is 7. The average Bonchev–Trinajstić information content (AvgIpc) is 3.67. The van der Waals surface area contributed by atoms with Crippen molar-refractivity contribution in [1.82, 2.24) is 4.57 Å². The predicted octanol–water partition coefficient (Wildman–Crippen LogP) is 13.5. The third-order valence-electron chi connectivity index (χ3n) is 10.9. The lowest BCUT2D eigenvalue weighted by atomic mass is 9.88. The Morgan fingerprint density at radius 2 is 0.960 bits per heavy atom. The van der Waals surface area contributed by atoms with Crippen molar-refractivity contribution in [1.29, 1.82) is 0 Å². The van der Waals surface area contributed by atoms with Gasteiger partial charge in [-0.3, -0.25) is 0 Å². The zero-order chi connectivity index (χ0) is 33.9. The maximum atomic E-state index is 2.49. The molecule has 1 aromatic heterocycles. The predicted molar refractivity (Wildman–Crippen MR) is 213 cm³/mol. The van der Waals surface area contributed by atoms with E-state index in [0.29, 0.717) is 11.8 Å². The molecule has 0 saturated carbocycles. The Hall–Kier alpha value is -5.66. The zero-order valence-electron chi connectivity index (χ0n) is 29.2.